The number of imidazole rings is 1. The molecule has 0 amide bonds. The van der Waals surface area contributed by atoms with Crippen LogP contribution in [0, 0.1) is 0 Å². The lowest BCUT2D eigenvalue weighted by Gasteiger charge is -2.09. The molecule has 2 aromatic heterocycles. The van der Waals surface area contributed by atoms with Crippen molar-refractivity contribution in [2.24, 2.45) is 0 Å². The van der Waals surface area contributed by atoms with Crippen LogP contribution < -0.4 is 5.73 Å². The lowest BCUT2D eigenvalue weighted by Crippen LogP contribution is -2.07. The molecule has 19 heavy (non-hydrogen) atoms. The lowest BCUT2D eigenvalue weighted by molar-refractivity contribution is 0.144. The molecule has 9 nitrogen and oxygen atoms in total. The Labute approximate surface area is 108 Å². The van der Waals surface area contributed by atoms with Crippen molar-refractivity contribution >= 4 is 24.6 Å². The summed E-state index contributed by atoms with van der Waals surface area (Å²) < 4.78 is 22.3. The van der Waals surface area contributed by atoms with Crippen molar-refractivity contribution in [1.29, 1.82) is 0 Å². The monoisotopic (exact) mass is 287 g/mol. The fourth-order valence-electron chi connectivity index (χ4n) is 1.46. The first-order valence-electron chi connectivity index (χ1n) is 5.40. The number of hydrogen-bond acceptors (Lipinski definition) is 7. The molecular weight excluding hydrogens is 273 g/mol. The summed E-state index contributed by atoms with van der Waals surface area (Å²) >= 11 is 0. The van der Waals surface area contributed by atoms with Crippen molar-refractivity contribution in [2.45, 2.75) is 6.54 Å². The van der Waals surface area contributed by atoms with Gasteiger partial charge < -0.3 is 24.5 Å². The standard InChI is InChI=1S/C9H14N5O4P/c1-17-19(15,16)6-18-3-2-14-5-13-7-8(10)11-4-12-9(7)14/h4-5H,2-3,6H2,1H3,(H,15,16)(H2,10,11,12). The Morgan fingerprint density at radius 3 is 3.00 bits per heavy atom. The SMILES string of the molecule is COP(=O)(O)COCCn1cnc2c(N)ncnc21. The molecule has 2 rings (SSSR count). The maximum absolute atomic E-state index is 11.2. The Kier molecular flexibility index (Phi) is 4.11. The molecule has 0 radical (unpaired) electrons. The van der Waals surface area contributed by atoms with Crippen LogP contribution in [0.2, 0.25) is 0 Å². The highest BCUT2D eigenvalue weighted by Gasteiger charge is 2.16. The summed E-state index contributed by atoms with van der Waals surface area (Å²) in [5.74, 6) is 0.309. The number of nitrogen functional groups attached to an aromatic ring is 1. The van der Waals surface area contributed by atoms with Gasteiger partial charge in [-0.25, -0.2) is 15.0 Å². The molecule has 0 saturated carbocycles. The van der Waals surface area contributed by atoms with Gasteiger partial charge >= 0.3 is 7.60 Å². The Hall–Kier alpha value is -1.54. The van der Waals surface area contributed by atoms with Gasteiger partial charge in [-0.2, -0.15) is 0 Å². The van der Waals surface area contributed by atoms with Crippen LogP contribution in [0.3, 0.4) is 0 Å². The van der Waals surface area contributed by atoms with Crippen LogP contribution in [0.25, 0.3) is 11.2 Å². The van der Waals surface area contributed by atoms with Crippen LogP contribution in [0.1, 0.15) is 0 Å². The maximum Gasteiger partial charge on any atom is 0.353 e. The highest BCUT2D eigenvalue weighted by atomic mass is 31.2. The van der Waals surface area contributed by atoms with Gasteiger partial charge in [-0.1, -0.05) is 0 Å². The summed E-state index contributed by atoms with van der Waals surface area (Å²) in [5, 5.41) is 0. The van der Waals surface area contributed by atoms with E-state index in [1.807, 2.05) is 0 Å². The summed E-state index contributed by atoms with van der Waals surface area (Å²) in [6.45, 7) is 0.653. The average molecular weight is 287 g/mol. The molecular formula is C9H14N5O4P. The molecule has 0 spiro atoms. The number of aromatic nitrogens is 4. The van der Waals surface area contributed by atoms with E-state index in [4.69, 9.17) is 15.4 Å². The smallest absolute Gasteiger partial charge is 0.353 e. The maximum atomic E-state index is 11.2. The van der Waals surface area contributed by atoms with E-state index in [1.165, 1.54) is 6.33 Å². The molecule has 0 saturated heterocycles. The molecule has 2 heterocycles. The number of nitrogens with two attached hydrogens (primary N) is 1. The van der Waals surface area contributed by atoms with Crippen LogP contribution >= 0.6 is 7.60 Å². The van der Waals surface area contributed by atoms with E-state index in [-0.39, 0.29) is 13.0 Å². The van der Waals surface area contributed by atoms with E-state index in [0.717, 1.165) is 7.11 Å². The minimum atomic E-state index is -3.63. The molecule has 0 aliphatic rings. The van der Waals surface area contributed by atoms with Crippen molar-refractivity contribution in [3.63, 3.8) is 0 Å². The number of nitrogens with zero attached hydrogens (tertiary/aromatic N) is 4. The normalized spacial score (nSPS) is 14.6. The molecule has 104 valence electrons. The lowest BCUT2D eigenvalue weighted by atomic mass is 10.5. The van der Waals surface area contributed by atoms with Crippen molar-refractivity contribution in [1.82, 2.24) is 19.5 Å². The van der Waals surface area contributed by atoms with Gasteiger partial charge in [-0.3, -0.25) is 4.57 Å². The van der Waals surface area contributed by atoms with Crippen molar-refractivity contribution in [3.05, 3.63) is 12.7 Å². The van der Waals surface area contributed by atoms with E-state index in [1.54, 1.807) is 10.9 Å². The van der Waals surface area contributed by atoms with Crippen molar-refractivity contribution in [3.8, 4) is 0 Å². The Morgan fingerprint density at radius 1 is 1.47 bits per heavy atom. The largest absolute Gasteiger partial charge is 0.382 e. The van der Waals surface area contributed by atoms with Crippen LogP contribution in [0.15, 0.2) is 12.7 Å². The van der Waals surface area contributed by atoms with E-state index in [2.05, 4.69) is 19.5 Å². The van der Waals surface area contributed by atoms with Crippen molar-refractivity contribution in [2.75, 3.05) is 25.8 Å². The van der Waals surface area contributed by atoms with Crippen LogP contribution in [0.4, 0.5) is 5.82 Å². The van der Waals surface area contributed by atoms with Gasteiger partial charge in [0.25, 0.3) is 0 Å². The fourth-order valence-corrected chi connectivity index (χ4v) is 1.92. The highest BCUT2D eigenvalue weighted by molar-refractivity contribution is 7.52. The van der Waals surface area contributed by atoms with Gasteiger partial charge in [-0.15, -0.1) is 0 Å². The second-order valence-corrected chi connectivity index (χ2v) is 5.62. The second kappa shape index (κ2) is 5.62. The Morgan fingerprint density at radius 2 is 2.26 bits per heavy atom. The predicted octanol–water partition coefficient (Wildman–Crippen LogP) is 0.214. The molecule has 10 heteroatoms. The average Bonchev–Trinajstić information content (AvgIpc) is 2.80. The van der Waals surface area contributed by atoms with Crippen molar-refractivity contribution < 1.29 is 18.7 Å². The number of hydrogen-bond donors (Lipinski definition) is 2. The summed E-state index contributed by atoms with van der Waals surface area (Å²) in [5.41, 5.74) is 6.77. The number of anilines is 1. The third-order valence-corrected chi connectivity index (χ3v) is 3.53. The predicted molar refractivity (Wildman–Crippen MR) is 67.4 cm³/mol. The van der Waals surface area contributed by atoms with E-state index in [0.29, 0.717) is 23.5 Å². The van der Waals surface area contributed by atoms with Gasteiger partial charge in [0.05, 0.1) is 12.9 Å². The van der Waals surface area contributed by atoms with Gasteiger partial charge in [0.1, 0.15) is 18.2 Å². The number of rotatable bonds is 6. The zero-order chi connectivity index (χ0) is 13.9. The number of fused-ring (bicyclic) bond motifs is 1. The van der Waals surface area contributed by atoms with Gasteiger partial charge in [0.2, 0.25) is 0 Å². The van der Waals surface area contributed by atoms with Gasteiger partial charge in [-0.05, 0) is 0 Å². The zero-order valence-electron chi connectivity index (χ0n) is 10.3. The van der Waals surface area contributed by atoms with Crippen LogP contribution in [0.5, 0.6) is 0 Å². The van der Waals surface area contributed by atoms with Crippen LogP contribution in [-0.2, 0) is 20.4 Å². The summed E-state index contributed by atoms with van der Waals surface area (Å²) in [7, 11) is -2.47. The van der Waals surface area contributed by atoms with E-state index < -0.39 is 7.60 Å². The first-order chi connectivity index (χ1) is 9.03. The topological polar surface area (TPSA) is 125 Å². The first-order valence-corrected chi connectivity index (χ1v) is 7.16. The quantitative estimate of drug-likeness (QED) is 0.570. The molecule has 0 aromatic carbocycles. The van der Waals surface area contributed by atoms with E-state index >= 15 is 0 Å². The summed E-state index contributed by atoms with van der Waals surface area (Å²) in [4.78, 5) is 21.1. The zero-order valence-corrected chi connectivity index (χ0v) is 11.2. The second-order valence-electron chi connectivity index (χ2n) is 3.73. The summed E-state index contributed by atoms with van der Waals surface area (Å²) in [6.07, 6.45) is 2.56. The number of ether oxygens (including phenoxy) is 1. The molecule has 1 unspecified atom stereocenters. The van der Waals surface area contributed by atoms with E-state index in [9.17, 15) is 4.57 Å². The molecule has 0 fully saturated rings. The minimum Gasteiger partial charge on any atom is -0.382 e. The van der Waals surface area contributed by atoms with Crippen LogP contribution in [-0.4, -0.2) is 44.5 Å². The third-order valence-electron chi connectivity index (χ3n) is 2.45. The Balaban J connectivity index is 1.96. The fraction of sp³-hybridized carbons (Fsp3) is 0.444. The molecule has 3 N–H and O–H groups in total. The molecule has 0 bridgehead atoms. The highest BCUT2D eigenvalue weighted by Crippen LogP contribution is 2.40. The first kappa shape index (κ1) is 13.9. The summed E-state index contributed by atoms with van der Waals surface area (Å²) in [6, 6.07) is 0. The minimum absolute atomic E-state index is 0.225. The molecule has 1 atom stereocenters. The van der Waals surface area contributed by atoms with Gasteiger partial charge in [0.15, 0.2) is 11.5 Å². The van der Waals surface area contributed by atoms with Gasteiger partial charge in [0, 0.05) is 13.7 Å². The third kappa shape index (κ3) is 3.27. The molecule has 2 aromatic rings. The Bertz CT molecular complexity index is 616. The molecule has 0 aliphatic carbocycles. The molecule has 0 aliphatic heterocycles.